The van der Waals surface area contributed by atoms with Crippen molar-refractivity contribution in [2.45, 2.75) is 32.2 Å². The number of likely N-dealkylation sites (tertiary alicyclic amines) is 1. The van der Waals surface area contributed by atoms with Crippen LogP contribution in [0, 0.1) is 0 Å². The Morgan fingerprint density at radius 1 is 1.19 bits per heavy atom. The first-order valence-corrected chi connectivity index (χ1v) is 11.3. The monoisotopic (exact) mass is 464 g/mol. The highest BCUT2D eigenvalue weighted by atomic mass is 35.5. The first kappa shape index (κ1) is 23.1. The molecule has 10 heteroatoms. The predicted molar refractivity (Wildman–Crippen MR) is 124 cm³/mol. The summed E-state index contributed by atoms with van der Waals surface area (Å²) in [7, 11) is 2.70. The molecule has 1 atom stereocenters. The molecule has 0 aliphatic carbocycles. The van der Waals surface area contributed by atoms with Gasteiger partial charge in [0.1, 0.15) is 10.6 Å². The second-order valence-electron chi connectivity index (χ2n) is 7.52. The Balaban J connectivity index is 2.01. The minimum absolute atomic E-state index is 0.0536. The molecule has 2 heterocycles. The number of thioether (sulfide) groups is 1. The van der Waals surface area contributed by atoms with Crippen molar-refractivity contribution in [2.75, 3.05) is 12.3 Å². The molecule has 0 unspecified atom stereocenters. The molecule has 1 amide bonds. The van der Waals surface area contributed by atoms with Gasteiger partial charge >= 0.3 is 5.69 Å². The minimum atomic E-state index is -0.681. The van der Waals surface area contributed by atoms with Crippen LogP contribution in [0.25, 0.3) is 0 Å². The first-order valence-electron chi connectivity index (χ1n) is 9.96. The molecule has 1 fully saturated rings. The molecule has 1 aromatic carbocycles. The normalized spacial score (nSPS) is 17.1. The van der Waals surface area contributed by atoms with Gasteiger partial charge in [-0.05, 0) is 50.5 Å². The molecule has 31 heavy (non-hydrogen) atoms. The molecule has 0 radical (unpaired) electrons. The second kappa shape index (κ2) is 9.74. The maximum absolute atomic E-state index is 12.8. The molecule has 1 aromatic heterocycles. The standard InChI is InChI=1S/C21H25ClN4O4S/c1-13-6-4-5-11-26(13)16(27)12-31-18(23-15-9-7-14(22)8-10-15)17-19(28)24(2)21(30)25(3)20(17)29/h7-10,13,28H,4-6,11-12H2,1-3H3/t13-/m0/s1. The quantitative estimate of drug-likeness (QED) is 0.554. The third-order valence-corrected chi connectivity index (χ3v) is 6.57. The molecule has 0 spiro atoms. The summed E-state index contributed by atoms with van der Waals surface area (Å²) in [4.78, 5) is 44.1. The van der Waals surface area contributed by atoms with Crippen LogP contribution in [0.15, 0.2) is 38.8 Å². The zero-order valence-electron chi connectivity index (χ0n) is 17.7. The van der Waals surface area contributed by atoms with Gasteiger partial charge in [0, 0.05) is 31.7 Å². The number of piperidine rings is 1. The third kappa shape index (κ3) is 5.04. The zero-order valence-corrected chi connectivity index (χ0v) is 19.2. The Morgan fingerprint density at radius 2 is 1.87 bits per heavy atom. The molecular weight excluding hydrogens is 440 g/mol. The van der Waals surface area contributed by atoms with Crippen molar-refractivity contribution in [2.24, 2.45) is 19.1 Å². The molecule has 1 N–H and O–H groups in total. The smallest absolute Gasteiger partial charge is 0.333 e. The van der Waals surface area contributed by atoms with Gasteiger partial charge in [-0.1, -0.05) is 23.4 Å². The van der Waals surface area contributed by atoms with Crippen molar-refractivity contribution in [3.8, 4) is 5.88 Å². The number of carbonyl (C=O) groups is 1. The van der Waals surface area contributed by atoms with Crippen molar-refractivity contribution >= 4 is 40.0 Å². The topological polar surface area (TPSA) is 96.9 Å². The number of aromatic hydroxyl groups is 1. The Labute approximate surface area is 189 Å². The molecule has 0 bridgehead atoms. The van der Waals surface area contributed by atoms with E-state index in [0.717, 1.165) is 40.2 Å². The van der Waals surface area contributed by atoms with E-state index in [1.165, 1.54) is 14.1 Å². The summed E-state index contributed by atoms with van der Waals surface area (Å²) >= 11 is 7.01. The van der Waals surface area contributed by atoms with E-state index in [1.807, 2.05) is 11.8 Å². The number of aliphatic imine (C=N–C) groups is 1. The van der Waals surface area contributed by atoms with E-state index in [4.69, 9.17) is 11.6 Å². The lowest BCUT2D eigenvalue weighted by Crippen LogP contribution is -2.43. The van der Waals surface area contributed by atoms with Gasteiger partial charge in [-0.2, -0.15) is 0 Å². The van der Waals surface area contributed by atoms with Gasteiger partial charge in [0.15, 0.2) is 0 Å². The van der Waals surface area contributed by atoms with E-state index in [2.05, 4.69) is 4.99 Å². The van der Waals surface area contributed by atoms with Crippen LogP contribution in [0.4, 0.5) is 5.69 Å². The number of carbonyl (C=O) groups excluding carboxylic acids is 1. The van der Waals surface area contributed by atoms with Crippen LogP contribution in [0.1, 0.15) is 31.7 Å². The maximum Gasteiger partial charge on any atom is 0.333 e. The van der Waals surface area contributed by atoms with Crippen LogP contribution < -0.4 is 11.2 Å². The first-order chi connectivity index (χ1) is 14.7. The lowest BCUT2D eigenvalue weighted by atomic mass is 10.0. The Hall–Kier alpha value is -2.52. The fourth-order valence-corrected chi connectivity index (χ4v) is 4.54. The van der Waals surface area contributed by atoms with E-state index in [-0.39, 0.29) is 28.3 Å². The van der Waals surface area contributed by atoms with Crippen LogP contribution in [0.3, 0.4) is 0 Å². The fourth-order valence-electron chi connectivity index (χ4n) is 3.50. The number of hydrogen-bond acceptors (Lipinski definition) is 6. The van der Waals surface area contributed by atoms with Gasteiger partial charge in [0.25, 0.3) is 5.56 Å². The lowest BCUT2D eigenvalue weighted by molar-refractivity contribution is -0.131. The number of hydrogen-bond donors (Lipinski definition) is 1. The minimum Gasteiger partial charge on any atom is -0.494 e. The van der Waals surface area contributed by atoms with Crippen molar-refractivity contribution in [3.63, 3.8) is 0 Å². The van der Waals surface area contributed by atoms with Crippen molar-refractivity contribution < 1.29 is 9.90 Å². The Kier molecular flexibility index (Phi) is 7.27. The number of amides is 1. The molecule has 2 aromatic rings. The van der Waals surface area contributed by atoms with Crippen LogP contribution in [0.5, 0.6) is 5.88 Å². The molecule has 1 saturated heterocycles. The zero-order chi connectivity index (χ0) is 22.7. The van der Waals surface area contributed by atoms with Crippen molar-refractivity contribution in [1.29, 1.82) is 0 Å². The SMILES string of the molecule is C[C@H]1CCCCN1C(=O)CSC(=Nc1ccc(Cl)cc1)c1c(O)n(C)c(=O)n(C)c1=O. The van der Waals surface area contributed by atoms with Crippen molar-refractivity contribution in [3.05, 3.63) is 55.7 Å². The maximum atomic E-state index is 12.8. The summed E-state index contributed by atoms with van der Waals surface area (Å²) < 4.78 is 1.88. The largest absolute Gasteiger partial charge is 0.494 e. The van der Waals surface area contributed by atoms with E-state index in [1.54, 1.807) is 24.3 Å². The number of aromatic nitrogens is 2. The number of benzene rings is 1. The fraction of sp³-hybridized carbons (Fsp3) is 0.429. The third-order valence-electron chi connectivity index (χ3n) is 5.36. The summed E-state index contributed by atoms with van der Waals surface area (Å²) in [6, 6.07) is 6.81. The van der Waals surface area contributed by atoms with Gasteiger partial charge in [0.05, 0.1) is 11.4 Å². The highest BCUT2D eigenvalue weighted by Crippen LogP contribution is 2.25. The molecule has 0 saturated carbocycles. The van der Waals surface area contributed by atoms with Crippen LogP contribution >= 0.6 is 23.4 Å². The van der Waals surface area contributed by atoms with E-state index >= 15 is 0 Å². The van der Waals surface area contributed by atoms with Gasteiger partial charge in [-0.25, -0.2) is 9.79 Å². The van der Waals surface area contributed by atoms with E-state index < -0.39 is 17.1 Å². The molecule has 3 rings (SSSR count). The van der Waals surface area contributed by atoms with Crippen LogP contribution in [-0.4, -0.2) is 48.4 Å². The highest BCUT2D eigenvalue weighted by Gasteiger charge is 2.26. The summed E-state index contributed by atoms with van der Waals surface area (Å²) in [5, 5.41) is 11.3. The average molecular weight is 465 g/mol. The van der Waals surface area contributed by atoms with Crippen LogP contribution in [0.2, 0.25) is 5.02 Å². The Bertz CT molecular complexity index is 1120. The van der Waals surface area contributed by atoms with E-state index in [0.29, 0.717) is 17.3 Å². The highest BCUT2D eigenvalue weighted by molar-refractivity contribution is 8.15. The van der Waals surface area contributed by atoms with Gasteiger partial charge in [0.2, 0.25) is 11.8 Å². The number of nitrogens with zero attached hydrogens (tertiary/aromatic N) is 4. The molecular formula is C21H25ClN4O4S. The van der Waals surface area contributed by atoms with Gasteiger partial charge < -0.3 is 10.0 Å². The molecule has 1 aliphatic heterocycles. The molecule has 1 aliphatic rings. The number of rotatable bonds is 4. The summed E-state index contributed by atoms with van der Waals surface area (Å²) in [6.07, 6.45) is 3.03. The van der Waals surface area contributed by atoms with Gasteiger partial charge in [-0.3, -0.25) is 18.7 Å². The molecule has 8 nitrogen and oxygen atoms in total. The summed E-state index contributed by atoms with van der Waals surface area (Å²) in [5.74, 6) is -0.489. The Morgan fingerprint density at radius 3 is 2.52 bits per heavy atom. The average Bonchev–Trinajstić information content (AvgIpc) is 2.76. The van der Waals surface area contributed by atoms with E-state index in [9.17, 15) is 19.5 Å². The summed E-state index contributed by atoms with van der Waals surface area (Å²) in [6.45, 7) is 2.73. The summed E-state index contributed by atoms with van der Waals surface area (Å²) in [5.41, 5.74) is -0.954. The lowest BCUT2D eigenvalue weighted by Gasteiger charge is -2.33. The van der Waals surface area contributed by atoms with Crippen molar-refractivity contribution in [1.82, 2.24) is 14.0 Å². The van der Waals surface area contributed by atoms with Crippen LogP contribution in [-0.2, 0) is 18.9 Å². The predicted octanol–water partition coefficient (Wildman–Crippen LogP) is 2.66. The van der Waals surface area contributed by atoms with Gasteiger partial charge in [-0.15, -0.1) is 0 Å². The number of halogens is 1. The second-order valence-corrected chi connectivity index (χ2v) is 8.92. The molecule has 166 valence electrons.